The molecule has 3 aromatic rings. The Kier molecular flexibility index (Phi) is 5.20. The summed E-state index contributed by atoms with van der Waals surface area (Å²) < 4.78 is 1.11. The highest BCUT2D eigenvalue weighted by atomic mass is 35.5. The molecule has 130 valence electrons. The second-order valence-electron chi connectivity index (χ2n) is 6.09. The molecule has 0 aliphatic heterocycles. The molecule has 0 saturated heterocycles. The van der Waals surface area contributed by atoms with Crippen LogP contribution in [0.1, 0.15) is 31.7 Å². The molecule has 2 aromatic heterocycles. The van der Waals surface area contributed by atoms with Crippen molar-refractivity contribution in [3.63, 3.8) is 0 Å². The highest BCUT2D eigenvalue weighted by molar-refractivity contribution is 7.18. The summed E-state index contributed by atoms with van der Waals surface area (Å²) in [6, 6.07) is 8.96. The van der Waals surface area contributed by atoms with Gasteiger partial charge in [0.15, 0.2) is 5.15 Å². The van der Waals surface area contributed by atoms with Gasteiger partial charge in [-0.25, -0.2) is 9.97 Å². The van der Waals surface area contributed by atoms with Gasteiger partial charge in [0, 0.05) is 17.8 Å². The number of rotatable bonds is 5. The van der Waals surface area contributed by atoms with Crippen LogP contribution in [0.15, 0.2) is 36.5 Å². The largest absolute Gasteiger partial charge is 0.374 e. The zero-order chi connectivity index (χ0) is 18.0. The van der Waals surface area contributed by atoms with Crippen molar-refractivity contribution < 1.29 is 4.79 Å². The summed E-state index contributed by atoms with van der Waals surface area (Å²) in [5.41, 5.74) is 2.37. The number of halogens is 1. The molecule has 0 unspecified atom stereocenters. The van der Waals surface area contributed by atoms with E-state index in [1.165, 1.54) is 0 Å². The topological polar surface area (TPSA) is 66.9 Å². The number of carbonyl (C=O) groups is 1. The molecule has 25 heavy (non-hydrogen) atoms. The van der Waals surface area contributed by atoms with E-state index in [9.17, 15) is 4.79 Å². The lowest BCUT2D eigenvalue weighted by atomic mass is 10.2. The second-order valence-corrected chi connectivity index (χ2v) is 7.51. The van der Waals surface area contributed by atoms with Crippen LogP contribution in [0.2, 0.25) is 5.15 Å². The summed E-state index contributed by atoms with van der Waals surface area (Å²) in [5.74, 6) is 0.227. The molecule has 0 aliphatic carbocycles. The predicted octanol–water partition coefficient (Wildman–Crippen LogP) is 4.91. The third-order valence-electron chi connectivity index (χ3n) is 3.69. The minimum atomic E-state index is -0.425. The Morgan fingerprint density at radius 3 is 2.76 bits per heavy atom. The average Bonchev–Trinajstić information content (AvgIpc) is 3.00. The number of benzene rings is 1. The molecule has 1 atom stereocenters. The van der Waals surface area contributed by atoms with Gasteiger partial charge in [-0.15, -0.1) is 11.3 Å². The quantitative estimate of drug-likeness (QED) is 0.623. The van der Waals surface area contributed by atoms with Gasteiger partial charge in [0.1, 0.15) is 6.04 Å². The lowest BCUT2D eigenvalue weighted by Gasteiger charge is -2.15. The summed E-state index contributed by atoms with van der Waals surface area (Å²) in [6.07, 6.45) is 1.58. The standard InChI is InChI=1S/C18H19ClN4OS/c1-10(2)18-23-13-7-6-12(9-15(13)25-18)21-11(3)17(24)22-14-5-4-8-20-16(14)19/h4-11,21H,1-3H3,(H,22,24)/t11-/m0/s1. The van der Waals surface area contributed by atoms with Crippen LogP contribution in [0.5, 0.6) is 0 Å². The number of carbonyl (C=O) groups excluding carboxylic acids is 1. The van der Waals surface area contributed by atoms with E-state index in [2.05, 4.69) is 34.4 Å². The third-order valence-corrected chi connectivity index (χ3v) is 5.31. The van der Waals surface area contributed by atoms with Crippen molar-refractivity contribution in [1.82, 2.24) is 9.97 Å². The zero-order valence-electron chi connectivity index (χ0n) is 14.2. The highest BCUT2D eigenvalue weighted by Crippen LogP contribution is 2.29. The van der Waals surface area contributed by atoms with E-state index in [1.807, 2.05) is 18.2 Å². The number of pyridine rings is 1. The molecule has 2 N–H and O–H groups in total. The molecule has 0 bridgehead atoms. The summed E-state index contributed by atoms with van der Waals surface area (Å²) in [5, 5.41) is 7.38. The van der Waals surface area contributed by atoms with E-state index in [0.717, 1.165) is 20.9 Å². The fourth-order valence-corrected chi connectivity index (χ4v) is 3.49. The van der Waals surface area contributed by atoms with Gasteiger partial charge in [-0.1, -0.05) is 25.4 Å². The molecule has 0 saturated carbocycles. The molecule has 2 heterocycles. The fraction of sp³-hybridized carbons (Fsp3) is 0.278. The molecule has 7 heteroatoms. The number of hydrogen-bond acceptors (Lipinski definition) is 5. The molecule has 1 aromatic carbocycles. The van der Waals surface area contributed by atoms with E-state index in [1.54, 1.807) is 36.6 Å². The molecular weight excluding hydrogens is 356 g/mol. The lowest BCUT2D eigenvalue weighted by molar-refractivity contribution is -0.116. The van der Waals surface area contributed by atoms with Gasteiger partial charge in [0.25, 0.3) is 0 Å². The van der Waals surface area contributed by atoms with Crippen LogP contribution >= 0.6 is 22.9 Å². The van der Waals surface area contributed by atoms with Crippen LogP contribution in [0, 0.1) is 0 Å². The van der Waals surface area contributed by atoms with Crippen LogP contribution in [-0.2, 0) is 4.79 Å². The number of thiazole rings is 1. The Morgan fingerprint density at radius 2 is 2.04 bits per heavy atom. The molecule has 1 amide bonds. The van der Waals surface area contributed by atoms with Crippen LogP contribution in [-0.4, -0.2) is 21.9 Å². The number of anilines is 2. The van der Waals surface area contributed by atoms with Crippen molar-refractivity contribution in [3.05, 3.63) is 46.7 Å². The first-order valence-corrected chi connectivity index (χ1v) is 9.22. The smallest absolute Gasteiger partial charge is 0.246 e. The maximum Gasteiger partial charge on any atom is 0.246 e. The van der Waals surface area contributed by atoms with Crippen molar-refractivity contribution >= 4 is 50.4 Å². The molecule has 0 spiro atoms. The van der Waals surface area contributed by atoms with Crippen LogP contribution in [0.4, 0.5) is 11.4 Å². The Bertz CT molecular complexity index is 909. The number of amides is 1. The Labute approximate surface area is 155 Å². The van der Waals surface area contributed by atoms with Gasteiger partial charge >= 0.3 is 0 Å². The van der Waals surface area contributed by atoms with Crippen molar-refractivity contribution in [1.29, 1.82) is 0 Å². The van der Waals surface area contributed by atoms with Crippen LogP contribution in [0.25, 0.3) is 10.2 Å². The van der Waals surface area contributed by atoms with E-state index < -0.39 is 6.04 Å². The monoisotopic (exact) mass is 374 g/mol. The molecule has 5 nitrogen and oxygen atoms in total. The summed E-state index contributed by atoms with van der Waals surface area (Å²) >= 11 is 7.66. The van der Waals surface area contributed by atoms with E-state index >= 15 is 0 Å². The fourth-order valence-electron chi connectivity index (χ4n) is 2.31. The summed E-state index contributed by atoms with van der Waals surface area (Å²) in [7, 11) is 0. The maximum atomic E-state index is 12.4. The van der Waals surface area contributed by atoms with Gasteiger partial charge in [-0.05, 0) is 37.3 Å². The second kappa shape index (κ2) is 7.37. The number of aromatic nitrogens is 2. The van der Waals surface area contributed by atoms with Crippen molar-refractivity contribution in [3.8, 4) is 0 Å². The van der Waals surface area contributed by atoms with Gasteiger partial charge in [0.2, 0.25) is 5.91 Å². The van der Waals surface area contributed by atoms with Gasteiger partial charge in [0.05, 0.1) is 20.9 Å². The first-order valence-electron chi connectivity index (χ1n) is 8.02. The summed E-state index contributed by atoms with van der Waals surface area (Å²) in [6.45, 7) is 6.07. The van der Waals surface area contributed by atoms with Gasteiger partial charge < -0.3 is 10.6 Å². The summed E-state index contributed by atoms with van der Waals surface area (Å²) in [4.78, 5) is 20.9. The number of hydrogen-bond donors (Lipinski definition) is 2. The zero-order valence-corrected chi connectivity index (χ0v) is 15.8. The molecular formula is C18H19ClN4OS. The van der Waals surface area contributed by atoms with Gasteiger partial charge in [-0.2, -0.15) is 0 Å². The highest BCUT2D eigenvalue weighted by Gasteiger charge is 2.15. The van der Waals surface area contributed by atoms with Crippen molar-refractivity contribution in [2.45, 2.75) is 32.7 Å². The van der Waals surface area contributed by atoms with Crippen LogP contribution < -0.4 is 10.6 Å². The first kappa shape index (κ1) is 17.6. The minimum Gasteiger partial charge on any atom is -0.374 e. The minimum absolute atomic E-state index is 0.179. The molecule has 0 fully saturated rings. The molecule has 0 aliphatic rings. The number of nitrogens with one attached hydrogen (secondary N) is 2. The van der Waals surface area contributed by atoms with Gasteiger partial charge in [-0.3, -0.25) is 4.79 Å². The van der Waals surface area contributed by atoms with E-state index in [4.69, 9.17) is 11.6 Å². The number of fused-ring (bicyclic) bond motifs is 1. The van der Waals surface area contributed by atoms with Crippen LogP contribution in [0.3, 0.4) is 0 Å². The van der Waals surface area contributed by atoms with Crippen molar-refractivity contribution in [2.75, 3.05) is 10.6 Å². The maximum absolute atomic E-state index is 12.4. The Morgan fingerprint density at radius 1 is 1.24 bits per heavy atom. The van der Waals surface area contributed by atoms with E-state index in [0.29, 0.717) is 11.6 Å². The third kappa shape index (κ3) is 4.08. The molecule has 3 rings (SSSR count). The molecule has 0 radical (unpaired) electrons. The Hall–Kier alpha value is -2.18. The van der Waals surface area contributed by atoms with E-state index in [-0.39, 0.29) is 11.1 Å². The predicted molar refractivity (Wildman–Crippen MR) is 105 cm³/mol. The normalized spacial score (nSPS) is 12.4. The first-order chi connectivity index (χ1) is 11.9. The Balaban J connectivity index is 1.71. The van der Waals surface area contributed by atoms with Crippen molar-refractivity contribution in [2.24, 2.45) is 0 Å². The average molecular weight is 375 g/mol. The SMILES string of the molecule is CC(C)c1nc2ccc(N[C@@H](C)C(=O)Nc3cccnc3Cl)cc2s1. The lowest BCUT2D eigenvalue weighted by Crippen LogP contribution is -2.32. The number of nitrogens with zero attached hydrogens (tertiary/aromatic N) is 2.